The lowest BCUT2D eigenvalue weighted by Crippen LogP contribution is -2.14. The fraction of sp³-hybridized carbons (Fsp3) is 0.200. The zero-order chi connectivity index (χ0) is 18.1. The topological polar surface area (TPSA) is 60.5 Å². The molecule has 1 aliphatic rings. The van der Waals surface area contributed by atoms with E-state index >= 15 is 0 Å². The SMILES string of the molecule is Cc1ccc(-c2nc(C)c(CC(=O)Nc3ccc4c(c3)OCO4)s2)cc1. The van der Waals surface area contributed by atoms with E-state index in [-0.39, 0.29) is 12.7 Å². The first-order valence-electron chi connectivity index (χ1n) is 8.31. The van der Waals surface area contributed by atoms with E-state index in [1.807, 2.05) is 13.0 Å². The minimum atomic E-state index is -0.0777. The van der Waals surface area contributed by atoms with Crippen LogP contribution < -0.4 is 14.8 Å². The molecular weight excluding hydrogens is 348 g/mol. The maximum Gasteiger partial charge on any atom is 0.231 e. The number of hydrogen-bond donors (Lipinski definition) is 1. The van der Waals surface area contributed by atoms with E-state index in [0.717, 1.165) is 21.1 Å². The maximum atomic E-state index is 12.4. The van der Waals surface area contributed by atoms with Crippen molar-refractivity contribution < 1.29 is 14.3 Å². The Morgan fingerprint density at radius 3 is 2.69 bits per heavy atom. The van der Waals surface area contributed by atoms with Crippen molar-refractivity contribution in [3.63, 3.8) is 0 Å². The summed E-state index contributed by atoms with van der Waals surface area (Å²) in [5.41, 5.74) is 3.88. The number of aryl methyl sites for hydroxylation is 2. The number of aromatic nitrogens is 1. The lowest BCUT2D eigenvalue weighted by atomic mass is 10.2. The van der Waals surface area contributed by atoms with E-state index in [1.165, 1.54) is 5.56 Å². The van der Waals surface area contributed by atoms with Gasteiger partial charge in [-0.3, -0.25) is 4.79 Å². The monoisotopic (exact) mass is 366 g/mol. The van der Waals surface area contributed by atoms with E-state index in [2.05, 4.69) is 41.5 Å². The van der Waals surface area contributed by atoms with Crippen LogP contribution in [-0.4, -0.2) is 17.7 Å². The predicted octanol–water partition coefficient (Wildman–Crippen LogP) is 4.34. The summed E-state index contributed by atoms with van der Waals surface area (Å²) in [6, 6.07) is 13.6. The van der Waals surface area contributed by atoms with Gasteiger partial charge in [-0.15, -0.1) is 11.3 Å². The molecule has 5 nitrogen and oxygen atoms in total. The second-order valence-corrected chi connectivity index (χ2v) is 7.27. The molecule has 132 valence electrons. The van der Waals surface area contributed by atoms with E-state index < -0.39 is 0 Å². The van der Waals surface area contributed by atoms with E-state index in [9.17, 15) is 4.79 Å². The van der Waals surface area contributed by atoms with Crippen molar-refractivity contribution in [3.8, 4) is 22.1 Å². The molecule has 26 heavy (non-hydrogen) atoms. The van der Waals surface area contributed by atoms with Gasteiger partial charge in [-0.05, 0) is 26.0 Å². The Balaban J connectivity index is 1.47. The van der Waals surface area contributed by atoms with Crippen LogP contribution in [0.1, 0.15) is 16.1 Å². The highest BCUT2D eigenvalue weighted by molar-refractivity contribution is 7.15. The van der Waals surface area contributed by atoms with Gasteiger partial charge < -0.3 is 14.8 Å². The molecule has 0 bridgehead atoms. The number of anilines is 1. The standard InChI is InChI=1S/C20H18N2O3S/c1-12-3-5-14(6-4-12)20-21-13(2)18(26-20)10-19(23)22-15-7-8-16-17(9-15)25-11-24-16/h3-9H,10-11H2,1-2H3,(H,22,23). The molecule has 0 radical (unpaired) electrons. The van der Waals surface area contributed by atoms with Crippen LogP contribution in [0.4, 0.5) is 5.69 Å². The summed E-state index contributed by atoms with van der Waals surface area (Å²) in [4.78, 5) is 18.0. The summed E-state index contributed by atoms with van der Waals surface area (Å²) in [6.07, 6.45) is 0.295. The summed E-state index contributed by atoms with van der Waals surface area (Å²) >= 11 is 1.56. The Morgan fingerprint density at radius 2 is 1.88 bits per heavy atom. The normalized spacial score (nSPS) is 12.2. The molecule has 1 amide bonds. The van der Waals surface area contributed by atoms with Gasteiger partial charge in [-0.25, -0.2) is 4.98 Å². The number of amides is 1. The zero-order valence-corrected chi connectivity index (χ0v) is 15.4. The second kappa shape index (κ2) is 6.80. The lowest BCUT2D eigenvalue weighted by molar-refractivity contribution is -0.115. The molecule has 0 fully saturated rings. The molecule has 1 aromatic heterocycles. The molecule has 0 unspecified atom stereocenters. The molecule has 2 heterocycles. The van der Waals surface area contributed by atoms with Crippen molar-refractivity contribution in [2.45, 2.75) is 20.3 Å². The van der Waals surface area contributed by atoms with Crippen LogP contribution in [-0.2, 0) is 11.2 Å². The van der Waals surface area contributed by atoms with Gasteiger partial charge in [0.1, 0.15) is 5.01 Å². The van der Waals surface area contributed by atoms with Gasteiger partial charge >= 0.3 is 0 Å². The highest BCUT2D eigenvalue weighted by atomic mass is 32.1. The molecule has 0 spiro atoms. The van der Waals surface area contributed by atoms with Crippen molar-refractivity contribution in [2.75, 3.05) is 12.1 Å². The third-order valence-corrected chi connectivity index (χ3v) is 5.38. The quantitative estimate of drug-likeness (QED) is 0.746. The average molecular weight is 366 g/mol. The minimum absolute atomic E-state index is 0.0777. The number of fused-ring (bicyclic) bond motifs is 1. The molecular formula is C20H18N2O3S. The highest BCUT2D eigenvalue weighted by Gasteiger charge is 2.16. The maximum absolute atomic E-state index is 12.4. The van der Waals surface area contributed by atoms with Gasteiger partial charge in [0.2, 0.25) is 12.7 Å². The number of carbonyl (C=O) groups is 1. The largest absolute Gasteiger partial charge is 0.454 e. The van der Waals surface area contributed by atoms with Crippen LogP contribution in [0.5, 0.6) is 11.5 Å². The third kappa shape index (κ3) is 3.41. The minimum Gasteiger partial charge on any atom is -0.454 e. The van der Waals surface area contributed by atoms with Gasteiger partial charge in [-0.2, -0.15) is 0 Å². The second-order valence-electron chi connectivity index (χ2n) is 6.19. The van der Waals surface area contributed by atoms with Crippen molar-refractivity contribution in [2.24, 2.45) is 0 Å². The van der Waals surface area contributed by atoms with Crippen molar-refractivity contribution in [1.29, 1.82) is 0 Å². The summed E-state index contributed by atoms with van der Waals surface area (Å²) in [5, 5.41) is 3.85. The van der Waals surface area contributed by atoms with Gasteiger partial charge in [0.15, 0.2) is 11.5 Å². The summed E-state index contributed by atoms with van der Waals surface area (Å²) < 4.78 is 10.6. The molecule has 0 saturated carbocycles. The first kappa shape index (κ1) is 16.6. The molecule has 3 aromatic rings. The number of benzene rings is 2. The molecule has 2 aromatic carbocycles. The first-order chi connectivity index (χ1) is 12.6. The number of rotatable bonds is 4. The van der Waals surface area contributed by atoms with Gasteiger partial charge in [0.05, 0.1) is 12.1 Å². The highest BCUT2D eigenvalue weighted by Crippen LogP contribution is 2.34. The molecule has 0 atom stereocenters. The first-order valence-corrected chi connectivity index (χ1v) is 9.13. The van der Waals surface area contributed by atoms with Gasteiger partial charge in [-0.1, -0.05) is 29.8 Å². The fourth-order valence-corrected chi connectivity index (χ4v) is 3.80. The van der Waals surface area contributed by atoms with Crippen LogP contribution in [0, 0.1) is 13.8 Å². The van der Waals surface area contributed by atoms with Crippen LogP contribution in [0.15, 0.2) is 42.5 Å². The fourth-order valence-electron chi connectivity index (χ4n) is 2.74. The van der Waals surface area contributed by atoms with Crippen LogP contribution in [0.2, 0.25) is 0 Å². The smallest absolute Gasteiger partial charge is 0.231 e. The van der Waals surface area contributed by atoms with Gasteiger partial charge in [0.25, 0.3) is 0 Å². The van der Waals surface area contributed by atoms with Crippen LogP contribution in [0.25, 0.3) is 10.6 Å². The Kier molecular flexibility index (Phi) is 4.34. The third-order valence-electron chi connectivity index (χ3n) is 4.17. The Morgan fingerprint density at radius 1 is 1.12 bits per heavy atom. The predicted molar refractivity (Wildman–Crippen MR) is 102 cm³/mol. The number of carbonyl (C=O) groups excluding carboxylic acids is 1. The van der Waals surface area contributed by atoms with E-state index in [1.54, 1.807) is 23.5 Å². The number of hydrogen-bond acceptors (Lipinski definition) is 5. The summed E-state index contributed by atoms with van der Waals surface area (Å²) in [6.45, 7) is 4.22. The molecule has 0 saturated heterocycles. The molecule has 1 N–H and O–H groups in total. The molecule has 4 rings (SSSR count). The number of nitrogens with one attached hydrogen (secondary N) is 1. The Bertz CT molecular complexity index is 964. The van der Waals surface area contributed by atoms with E-state index in [4.69, 9.17) is 9.47 Å². The van der Waals surface area contributed by atoms with Gasteiger partial charge in [0, 0.05) is 22.2 Å². The van der Waals surface area contributed by atoms with Crippen molar-refractivity contribution in [3.05, 3.63) is 58.6 Å². The summed E-state index contributed by atoms with van der Waals surface area (Å²) in [5.74, 6) is 1.27. The van der Waals surface area contributed by atoms with Crippen molar-refractivity contribution in [1.82, 2.24) is 4.98 Å². The van der Waals surface area contributed by atoms with Crippen LogP contribution >= 0.6 is 11.3 Å². The van der Waals surface area contributed by atoms with E-state index in [0.29, 0.717) is 23.6 Å². The van der Waals surface area contributed by atoms with Crippen LogP contribution in [0.3, 0.4) is 0 Å². The number of thiazole rings is 1. The number of nitrogens with zero attached hydrogens (tertiary/aromatic N) is 1. The molecule has 6 heteroatoms. The van der Waals surface area contributed by atoms with Crippen molar-refractivity contribution >= 4 is 22.9 Å². The average Bonchev–Trinajstić information content (AvgIpc) is 3.22. The zero-order valence-electron chi connectivity index (χ0n) is 14.5. The summed E-state index contributed by atoms with van der Waals surface area (Å²) in [7, 11) is 0. The Labute approximate surface area is 155 Å². The Hall–Kier alpha value is -2.86. The lowest BCUT2D eigenvalue weighted by Gasteiger charge is -2.05. The molecule has 0 aliphatic carbocycles. The number of ether oxygens (including phenoxy) is 2. The molecule has 1 aliphatic heterocycles.